The van der Waals surface area contributed by atoms with E-state index in [1.54, 1.807) is 28.4 Å². The predicted octanol–water partition coefficient (Wildman–Crippen LogP) is 3.95. The van der Waals surface area contributed by atoms with Gasteiger partial charge in [0.1, 0.15) is 11.4 Å². The first-order chi connectivity index (χ1) is 15.6. The van der Waals surface area contributed by atoms with Gasteiger partial charge < -0.3 is 9.64 Å². The average molecular weight is 466 g/mol. The van der Waals surface area contributed by atoms with Gasteiger partial charge in [-0.15, -0.1) is 22.7 Å². The van der Waals surface area contributed by atoms with E-state index in [2.05, 4.69) is 4.98 Å². The number of nitrogens with zero attached hydrogens (tertiary/aromatic N) is 3. The third-order valence-corrected chi connectivity index (χ3v) is 7.40. The van der Waals surface area contributed by atoms with E-state index >= 15 is 0 Å². The molecule has 1 aliphatic rings. The van der Waals surface area contributed by atoms with Gasteiger partial charge in [-0.1, -0.05) is 12.1 Å². The fraction of sp³-hybridized carbons (Fsp3) is 0.217. The van der Waals surface area contributed by atoms with Crippen molar-refractivity contribution < 1.29 is 14.3 Å². The predicted molar refractivity (Wildman–Crippen MR) is 126 cm³/mol. The smallest absolute Gasteiger partial charge is 0.338 e. The monoisotopic (exact) mass is 465 g/mol. The second-order valence-electron chi connectivity index (χ2n) is 7.43. The van der Waals surface area contributed by atoms with Crippen molar-refractivity contribution in [3.63, 3.8) is 0 Å². The maximum Gasteiger partial charge on any atom is 0.338 e. The van der Waals surface area contributed by atoms with Gasteiger partial charge in [0.25, 0.3) is 5.56 Å². The number of esters is 1. The summed E-state index contributed by atoms with van der Waals surface area (Å²) in [6, 6.07) is 9.20. The maximum atomic E-state index is 13.3. The highest BCUT2D eigenvalue weighted by Crippen LogP contribution is 2.34. The number of amides is 1. The van der Waals surface area contributed by atoms with E-state index < -0.39 is 5.97 Å². The molecule has 0 N–H and O–H groups in total. The molecule has 0 radical (unpaired) electrons. The van der Waals surface area contributed by atoms with Crippen LogP contribution in [0.25, 0.3) is 20.7 Å². The van der Waals surface area contributed by atoms with Gasteiger partial charge in [0.05, 0.1) is 24.4 Å². The zero-order chi connectivity index (χ0) is 22.2. The molecule has 0 aliphatic carbocycles. The standard InChI is InChI=1S/C23H19N3O4S2/c1-30-23(29)15-5-2-7-17-14(15)6-3-9-26(17)19(27)11-25-13-24-21-20(22(25)28)16(12-32-21)18-8-4-10-31-18/h2,4-5,7-8,10,12-13H,3,6,9,11H2,1H3. The van der Waals surface area contributed by atoms with E-state index in [4.69, 9.17) is 4.74 Å². The third kappa shape index (κ3) is 3.43. The molecule has 9 heteroatoms. The van der Waals surface area contributed by atoms with Crippen molar-refractivity contribution >= 4 is 50.5 Å². The Hall–Kier alpha value is -3.30. The summed E-state index contributed by atoms with van der Waals surface area (Å²) in [7, 11) is 1.35. The van der Waals surface area contributed by atoms with Crippen LogP contribution < -0.4 is 10.5 Å². The van der Waals surface area contributed by atoms with Crippen LogP contribution in [0.15, 0.2) is 52.2 Å². The molecule has 1 amide bonds. The van der Waals surface area contributed by atoms with E-state index in [0.717, 1.165) is 22.4 Å². The lowest BCUT2D eigenvalue weighted by molar-refractivity contribution is -0.119. The van der Waals surface area contributed by atoms with Gasteiger partial charge in [-0.25, -0.2) is 9.78 Å². The molecule has 0 saturated heterocycles. The molecule has 5 rings (SSSR count). The van der Waals surface area contributed by atoms with Crippen molar-refractivity contribution in [2.75, 3.05) is 18.6 Å². The lowest BCUT2D eigenvalue weighted by Crippen LogP contribution is -2.40. The summed E-state index contributed by atoms with van der Waals surface area (Å²) in [5, 5.41) is 4.44. The molecule has 0 fully saturated rings. The number of hydrogen-bond donors (Lipinski definition) is 0. The van der Waals surface area contributed by atoms with Crippen LogP contribution in [0.5, 0.6) is 0 Å². The molecule has 1 aromatic carbocycles. The molecular formula is C23H19N3O4S2. The molecule has 3 aromatic heterocycles. The van der Waals surface area contributed by atoms with Gasteiger partial charge in [-0.3, -0.25) is 14.2 Å². The SMILES string of the molecule is COC(=O)c1cccc2c1CCCN2C(=O)Cn1cnc2scc(-c3cccs3)c2c1=O. The Bertz CT molecular complexity index is 1390. The number of thiophene rings is 2. The van der Waals surface area contributed by atoms with Crippen molar-refractivity contribution in [2.45, 2.75) is 19.4 Å². The largest absolute Gasteiger partial charge is 0.465 e. The second kappa shape index (κ2) is 8.33. The van der Waals surface area contributed by atoms with Gasteiger partial charge in [-0.2, -0.15) is 0 Å². The molecule has 162 valence electrons. The van der Waals surface area contributed by atoms with Crippen LogP contribution in [0.2, 0.25) is 0 Å². The summed E-state index contributed by atoms with van der Waals surface area (Å²) >= 11 is 2.98. The topological polar surface area (TPSA) is 81.5 Å². The fourth-order valence-corrected chi connectivity index (χ4v) is 5.83. The summed E-state index contributed by atoms with van der Waals surface area (Å²) in [4.78, 5) is 46.4. The Morgan fingerprint density at radius 3 is 2.84 bits per heavy atom. The van der Waals surface area contributed by atoms with Crippen molar-refractivity contribution in [1.29, 1.82) is 0 Å². The van der Waals surface area contributed by atoms with Crippen LogP contribution >= 0.6 is 22.7 Å². The van der Waals surface area contributed by atoms with Gasteiger partial charge in [0, 0.05) is 28.1 Å². The second-order valence-corrected chi connectivity index (χ2v) is 9.23. The van der Waals surface area contributed by atoms with E-state index in [0.29, 0.717) is 34.4 Å². The Labute approximate surface area is 191 Å². The maximum absolute atomic E-state index is 13.3. The average Bonchev–Trinajstić information content (AvgIpc) is 3.49. The molecule has 4 heterocycles. The number of aromatic nitrogens is 2. The Morgan fingerprint density at radius 2 is 2.06 bits per heavy atom. The van der Waals surface area contributed by atoms with Crippen LogP contribution in [0, 0.1) is 0 Å². The van der Waals surface area contributed by atoms with Crippen LogP contribution in [-0.4, -0.2) is 35.1 Å². The van der Waals surface area contributed by atoms with Crippen LogP contribution in [0.3, 0.4) is 0 Å². The molecule has 4 aromatic rings. The molecule has 0 unspecified atom stereocenters. The molecule has 0 saturated carbocycles. The van der Waals surface area contributed by atoms with E-state index in [-0.39, 0.29) is 18.0 Å². The molecular weight excluding hydrogens is 446 g/mol. The highest BCUT2D eigenvalue weighted by molar-refractivity contribution is 7.18. The molecule has 0 spiro atoms. The number of benzene rings is 1. The normalized spacial score (nSPS) is 13.2. The minimum atomic E-state index is -0.416. The van der Waals surface area contributed by atoms with Crippen LogP contribution in [-0.2, 0) is 22.5 Å². The number of ether oxygens (including phenoxy) is 1. The molecule has 7 nitrogen and oxygen atoms in total. The number of methoxy groups -OCH3 is 1. The first-order valence-electron chi connectivity index (χ1n) is 10.1. The van der Waals surface area contributed by atoms with Crippen molar-refractivity contribution in [3.05, 3.63) is 68.9 Å². The highest BCUT2D eigenvalue weighted by atomic mass is 32.1. The Kier molecular flexibility index (Phi) is 5.36. The summed E-state index contributed by atoms with van der Waals surface area (Å²) < 4.78 is 6.26. The zero-order valence-corrected chi connectivity index (χ0v) is 18.9. The number of hydrogen-bond acceptors (Lipinski definition) is 7. The first-order valence-corrected chi connectivity index (χ1v) is 11.9. The van der Waals surface area contributed by atoms with E-state index in [9.17, 15) is 14.4 Å². The first kappa shape index (κ1) is 20.6. The minimum Gasteiger partial charge on any atom is -0.465 e. The lowest BCUT2D eigenvalue weighted by atomic mass is 9.96. The summed E-state index contributed by atoms with van der Waals surface area (Å²) in [6.45, 7) is 0.406. The number of carbonyl (C=O) groups is 2. The van der Waals surface area contributed by atoms with Gasteiger partial charge >= 0.3 is 5.97 Å². The molecule has 32 heavy (non-hydrogen) atoms. The Morgan fingerprint density at radius 1 is 1.19 bits per heavy atom. The van der Waals surface area contributed by atoms with Gasteiger partial charge in [0.15, 0.2) is 0 Å². The van der Waals surface area contributed by atoms with Gasteiger partial charge in [0.2, 0.25) is 5.91 Å². The third-order valence-electron chi connectivity index (χ3n) is 5.61. The summed E-state index contributed by atoms with van der Waals surface area (Å²) in [5.41, 5.74) is 2.60. The molecule has 0 bridgehead atoms. The Balaban J connectivity index is 1.49. The number of carbonyl (C=O) groups excluding carboxylic acids is 2. The quantitative estimate of drug-likeness (QED) is 0.426. The van der Waals surface area contributed by atoms with Crippen molar-refractivity contribution in [1.82, 2.24) is 9.55 Å². The van der Waals surface area contributed by atoms with Gasteiger partial charge in [-0.05, 0) is 42.0 Å². The van der Waals surface area contributed by atoms with Crippen molar-refractivity contribution in [3.8, 4) is 10.4 Å². The fourth-order valence-electron chi connectivity index (χ4n) is 4.11. The summed E-state index contributed by atoms with van der Waals surface area (Å²) in [6.07, 6.45) is 2.86. The lowest BCUT2D eigenvalue weighted by Gasteiger charge is -2.30. The number of rotatable bonds is 4. The van der Waals surface area contributed by atoms with Crippen LogP contribution in [0.4, 0.5) is 5.69 Å². The molecule has 0 atom stereocenters. The van der Waals surface area contributed by atoms with E-state index in [1.165, 1.54) is 29.3 Å². The number of fused-ring (bicyclic) bond motifs is 2. The zero-order valence-electron chi connectivity index (χ0n) is 17.2. The van der Waals surface area contributed by atoms with Crippen LogP contribution in [0.1, 0.15) is 22.3 Å². The summed E-state index contributed by atoms with van der Waals surface area (Å²) in [5.74, 6) is -0.635. The highest BCUT2D eigenvalue weighted by Gasteiger charge is 2.27. The molecule has 1 aliphatic heterocycles. The van der Waals surface area contributed by atoms with Crippen molar-refractivity contribution in [2.24, 2.45) is 0 Å². The minimum absolute atomic E-state index is 0.122. The van der Waals surface area contributed by atoms with E-state index in [1.807, 2.05) is 29.0 Å². The number of anilines is 1.